The van der Waals surface area contributed by atoms with Gasteiger partial charge in [-0.1, -0.05) is 18.2 Å². The normalized spacial score (nSPS) is 12.7. The van der Waals surface area contributed by atoms with Crippen LogP contribution >= 0.6 is 0 Å². The first-order valence-electron chi connectivity index (χ1n) is 5.71. The molecule has 3 N–H and O–H groups in total. The van der Waals surface area contributed by atoms with E-state index in [1.165, 1.54) is 0 Å². The Labute approximate surface area is 104 Å². The predicted molar refractivity (Wildman–Crippen MR) is 70.1 cm³/mol. The minimum absolute atomic E-state index is 0.684. The van der Waals surface area contributed by atoms with Crippen molar-refractivity contribution in [2.75, 3.05) is 5.73 Å². The van der Waals surface area contributed by atoms with Gasteiger partial charge in [0.15, 0.2) is 0 Å². The van der Waals surface area contributed by atoms with E-state index >= 15 is 0 Å². The third-order valence-electron chi connectivity index (χ3n) is 2.98. The molecule has 0 bridgehead atoms. The first-order valence-corrected chi connectivity index (χ1v) is 5.71. The van der Waals surface area contributed by atoms with Crippen molar-refractivity contribution in [3.63, 3.8) is 0 Å². The molecule has 18 heavy (non-hydrogen) atoms. The number of aromatic nitrogens is 2. The van der Waals surface area contributed by atoms with E-state index in [0.717, 1.165) is 16.9 Å². The first kappa shape index (κ1) is 10.8. The quantitative estimate of drug-likeness (QED) is 0.672. The van der Waals surface area contributed by atoms with Crippen molar-refractivity contribution < 1.29 is 5.11 Å². The summed E-state index contributed by atoms with van der Waals surface area (Å²) in [6, 6.07) is 12.9. The summed E-state index contributed by atoms with van der Waals surface area (Å²) in [6.07, 6.45) is 2.87. The highest BCUT2D eigenvalue weighted by Gasteiger charge is 2.14. The second kappa shape index (κ2) is 4.16. The van der Waals surface area contributed by atoms with E-state index in [-0.39, 0.29) is 0 Å². The summed E-state index contributed by atoms with van der Waals surface area (Å²) in [5, 5.41) is 10.4. The Morgan fingerprint density at radius 2 is 1.89 bits per heavy atom. The minimum atomic E-state index is -0.706. The lowest BCUT2D eigenvalue weighted by Gasteiger charge is -2.11. The molecular formula is C14H13N3O. The standard InChI is InChI=1S/C14H13N3O/c15-11-6-4-10(5-7-11)14(18)12-9-16-13-3-1-2-8-17(12)13/h1-9,14,18H,15H2. The second-order valence-corrected chi connectivity index (χ2v) is 4.18. The molecule has 0 aliphatic rings. The van der Waals surface area contributed by atoms with E-state index < -0.39 is 6.10 Å². The lowest BCUT2D eigenvalue weighted by Crippen LogP contribution is -2.03. The highest BCUT2D eigenvalue weighted by atomic mass is 16.3. The Morgan fingerprint density at radius 1 is 1.11 bits per heavy atom. The minimum Gasteiger partial charge on any atom is -0.399 e. The molecule has 0 spiro atoms. The smallest absolute Gasteiger partial charge is 0.136 e. The number of benzene rings is 1. The third-order valence-corrected chi connectivity index (χ3v) is 2.98. The molecule has 90 valence electrons. The Morgan fingerprint density at radius 3 is 2.67 bits per heavy atom. The van der Waals surface area contributed by atoms with Crippen LogP contribution in [0.1, 0.15) is 17.4 Å². The molecule has 1 unspecified atom stereocenters. The van der Waals surface area contributed by atoms with Gasteiger partial charge in [0.1, 0.15) is 11.8 Å². The molecule has 0 saturated heterocycles. The summed E-state index contributed by atoms with van der Waals surface area (Å²) in [4.78, 5) is 4.26. The molecule has 0 aliphatic heterocycles. The van der Waals surface area contributed by atoms with E-state index in [1.54, 1.807) is 18.3 Å². The Kier molecular flexibility index (Phi) is 2.50. The molecule has 0 amide bonds. The third kappa shape index (κ3) is 1.72. The number of fused-ring (bicyclic) bond motifs is 1. The number of imidazole rings is 1. The van der Waals surface area contributed by atoms with Crippen molar-refractivity contribution in [1.29, 1.82) is 0 Å². The zero-order chi connectivity index (χ0) is 12.5. The molecule has 3 aromatic rings. The molecule has 0 radical (unpaired) electrons. The fourth-order valence-electron chi connectivity index (χ4n) is 2.00. The van der Waals surface area contributed by atoms with Crippen molar-refractivity contribution in [3.8, 4) is 0 Å². The lowest BCUT2D eigenvalue weighted by molar-refractivity contribution is 0.214. The SMILES string of the molecule is Nc1ccc(C(O)c2cnc3ccccn23)cc1. The number of aliphatic hydroxyl groups is 1. The van der Waals surface area contributed by atoms with Gasteiger partial charge in [0, 0.05) is 11.9 Å². The number of nitrogen functional groups attached to an aromatic ring is 1. The molecule has 2 aromatic heterocycles. The molecule has 4 heteroatoms. The maximum atomic E-state index is 10.4. The number of rotatable bonds is 2. The van der Waals surface area contributed by atoms with Crippen LogP contribution in [-0.4, -0.2) is 14.5 Å². The van der Waals surface area contributed by atoms with E-state index in [1.807, 2.05) is 40.9 Å². The first-order chi connectivity index (χ1) is 8.75. The molecule has 0 aliphatic carbocycles. The molecule has 1 atom stereocenters. The maximum absolute atomic E-state index is 10.4. The average Bonchev–Trinajstić information content (AvgIpc) is 2.82. The fourth-order valence-corrected chi connectivity index (χ4v) is 2.00. The average molecular weight is 239 g/mol. The van der Waals surface area contributed by atoms with Gasteiger partial charge in [0.05, 0.1) is 11.9 Å². The predicted octanol–water partition coefficient (Wildman–Crippen LogP) is 2.00. The fraction of sp³-hybridized carbons (Fsp3) is 0.0714. The van der Waals surface area contributed by atoms with Crippen LogP contribution < -0.4 is 5.73 Å². The van der Waals surface area contributed by atoms with Crippen LogP contribution in [0.2, 0.25) is 0 Å². The molecule has 1 aromatic carbocycles. The molecule has 4 nitrogen and oxygen atoms in total. The van der Waals surface area contributed by atoms with Crippen LogP contribution in [-0.2, 0) is 0 Å². The Hall–Kier alpha value is -2.33. The highest BCUT2D eigenvalue weighted by Crippen LogP contribution is 2.23. The van der Waals surface area contributed by atoms with Gasteiger partial charge in [0.25, 0.3) is 0 Å². The van der Waals surface area contributed by atoms with Gasteiger partial charge in [-0.25, -0.2) is 4.98 Å². The number of pyridine rings is 1. The number of anilines is 1. The largest absolute Gasteiger partial charge is 0.399 e. The van der Waals surface area contributed by atoms with Crippen molar-refractivity contribution >= 4 is 11.3 Å². The van der Waals surface area contributed by atoms with Gasteiger partial charge < -0.3 is 15.2 Å². The van der Waals surface area contributed by atoms with Crippen LogP contribution in [0.15, 0.2) is 54.9 Å². The van der Waals surface area contributed by atoms with Crippen molar-refractivity contribution in [3.05, 3.63) is 66.1 Å². The summed E-state index contributed by atoms with van der Waals surface area (Å²) < 4.78 is 1.88. The van der Waals surface area contributed by atoms with Crippen LogP contribution in [0.25, 0.3) is 5.65 Å². The van der Waals surface area contributed by atoms with Gasteiger partial charge in [-0.05, 0) is 29.8 Å². The van der Waals surface area contributed by atoms with Crippen molar-refractivity contribution in [2.45, 2.75) is 6.10 Å². The van der Waals surface area contributed by atoms with Crippen molar-refractivity contribution in [1.82, 2.24) is 9.38 Å². The van der Waals surface area contributed by atoms with Crippen LogP contribution in [0, 0.1) is 0 Å². The zero-order valence-electron chi connectivity index (χ0n) is 9.69. The summed E-state index contributed by atoms with van der Waals surface area (Å²) in [6.45, 7) is 0. The number of aliphatic hydroxyl groups excluding tert-OH is 1. The summed E-state index contributed by atoms with van der Waals surface area (Å²) in [7, 11) is 0. The summed E-state index contributed by atoms with van der Waals surface area (Å²) in [5.74, 6) is 0. The van der Waals surface area contributed by atoms with Gasteiger partial charge >= 0.3 is 0 Å². The lowest BCUT2D eigenvalue weighted by atomic mass is 10.1. The van der Waals surface area contributed by atoms with Crippen LogP contribution in [0.3, 0.4) is 0 Å². The van der Waals surface area contributed by atoms with E-state index in [0.29, 0.717) is 5.69 Å². The number of nitrogens with two attached hydrogens (primary N) is 1. The topological polar surface area (TPSA) is 63.5 Å². The molecule has 3 rings (SSSR count). The number of hydrogen-bond acceptors (Lipinski definition) is 3. The monoisotopic (exact) mass is 239 g/mol. The van der Waals surface area contributed by atoms with Crippen molar-refractivity contribution in [2.24, 2.45) is 0 Å². The zero-order valence-corrected chi connectivity index (χ0v) is 9.69. The second-order valence-electron chi connectivity index (χ2n) is 4.18. The van der Waals surface area contributed by atoms with E-state index in [2.05, 4.69) is 4.98 Å². The van der Waals surface area contributed by atoms with Gasteiger partial charge in [0.2, 0.25) is 0 Å². The molecule has 0 fully saturated rings. The van der Waals surface area contributed by atoms with E-state index in [9.17, 15) is 5.11 Å². The Balaban J connectivity index is 2.06. The van der Waals surface area contributed by atoms with Crippen LogP contribution in [0.5, 0.6) is 0 Å². The van der Waals surface area contributed by atoms with Gasteiger partial charge in [-0.2, -0.15) is 0 Å². The number of nitrogens with zero attached hydrogens (tertiary/aromatic N) is 2. The summed E-state index contributed by atoms with van der Waals surface area (Å²) in [5.41, 5.74) is 8.69. The number of hydrogen-bond donors (Lipinski definition) is 2. The van der Waals surface area contributed by atoms with Gasteiger partial charge in [-0.3, -0.25) is 0 Å². The summed E-state index contributed by atoms with van der Waals surface area (Å²) >= 11 is 0. The molecular weight excluding hydrogens is 226 g/mol. The van der Waals surface area contributed by atoms with Crippen LogP contribution in [0.4, 0.5) is 5.69 Å². The molecule has 2 heterocycles. The molecule has 0 saturated carbocycles. The van der Waals surface area contributed by atoms with Gasteiger partial charge in [-0.15, -0.1) is 0 Å². The highest BCUT2D eigenvalue weighted by molar-refractivity contribution is 5.44. The van der Waals surface area contributed by atoms with E-state index in [4.69, 9.17) is 5.73 Å². The maximum Gasteiger partial charge on any atom is 0.136 e. The Bertz CT molecular complexity index is 673.